The van der Waals surface area contributed by atoms with Crippen LogP contribution in [0.15, 0.2) is 24.3 Å². The van der Waals surface area contributed by atoms with Crippen LogP contribution in [0.5, 0.6) is 0 Å². The van der Waals surface area contributed by atoms with Crippen molar-refractivity contribution in [2.24, 2.45) is 0 Å². The molecule has 3 rings (SSSR count). The third kappa shape index (κ3) is 3.48. The highest BCUT2D eigenvalue weighted by atomic mass is 32.2. The maximum atomic E-state index is 13.3. The topological polar surface area (TPSA) is 72.3 Å². The molecular formula is C15H16F3N3O3S. The minimum Gasteiger partial charge on any atom is -0.340 e. The Balaban J connectivity index is 1.91. The highest BCUT2D eigenvalue weighted by Gasteiger charge is 2.39. The van der Waals surface area contributed by atoms with Crippen molar-refractivity contribution in [3.63, 3.8) is 0 Å². The summed E-state index contributed by atoms with van der Waals surface area (Å²) in [5.74, 6) is -1.91. The lowest BCUT2D eigenvalue weighted by atomic mass is 10.2. The van der Waals surface area contributed by atoms with Crippen molar-refractivity contribution in [3.05, 3.63) is 30.1 Å². The van der Waals surface area contributed by atoms with Crippen molar-refractivity contribution in [1.82, 2.24) is 14.5 Å². The summed E-state index contributed by atoms with van der Waals surface area (Å²) in [6.45, 7) is -0.553. The van der Waals surface area contributed by atoms with Gasteiger partial charge in [-0.05, 0) is 18.6 Å². The van der Waals surface area contributed by atoms with Crippen LogP contribution in [0.2, 0.25) is 0 Å². The lowest BCUT2D eigenvalue weighted by Gasteiger charge is -2.24. The number of halogens is 3. The predicted molar refractivity (Wildman–Crippen MR) is 84.6 cm³/mol. The molecule has 10 heteroatoms. The summed E-state index contributed by atoms with van der Waals surface area (Å²) in [6.07, 6.45) is -4.41. The molecule has 6 nitrogen and oxygen atoms in total. The number of sulfone groups is 1. The van der Waals surface area contributed by atoms with E-state index in [1.807, 2.05) is 0 Å². The number of carbonyl (C=O) groups is 1. The number of hydrogen-bond acceptors (Lipinski definition) is 4. The number of alkyl halides is 3. The Kier molecular flexibility index (Phi) is 4.26. The molecule has 0 aliphatic carbocycles. The Bertz CT molecular complexity index is 921. The quantitative estimate of drug-likeness (QED) is 0.819. The number of hydrogen-bond donors (Lipinski definition) is 0. The van der Waals surface area contributed by atoms with Crippen LogP contribution in [0.4, 0.5) is 13.2 Å². The molecule has 1 atom stereocenters. The van der Waals surface area contributed by atoms with Crippen molar-refractivity contribution in [2.45, 2.75) is 25.2 Å². The third-order valence-corrected chi connectivity index (χ3v) is 6.10. The Hall–Kier alpha value is -2.10. The first kappa shape index (κ1) is 17.7. The number of benzene rings is 1. The maximum absolute atomic E-state index is 13.3. The second-order valence-corrected chi connectivity index (χ2v) is 8.30. The van der Waals surface area contributed by atoms with Gasteiger partial charge < -0.3 is 9.47 Å². The standard InChI is InChI=1S/C15H16F3N3O3S/c1-20(10-6-7-25(23,24)9-10)13(22)8-21-12-5-3-2-4-11(12)19-14(21)15(16,17)18/h2-5,10H,6-9H2,1H3/t10-/m0/s1. The van der Waals surface area contributed by atoms with Crippen LogP contribution < -0.4 is 0 Å². The normalized spacial score (nSPS) is 20.1. The smallest absolute Gasteiger partial charge is 0.340 e. The molecular weight excluding hydrogens is 359 g/mol. The summed E-state index contributed by atoms with van der Waals surface area (Å²) < 4.78 is 63.7. The van der Waals surface area contributed by atoms with Crippen molar-refractivity contribution >= 4 is 26.8 Å². The van der Waals surface area contributed by atoms with Crippen molar-refractivity contribution < 1.29 is 26.4 Å². The molecule has 1 aliphatic heterocycles. The molecule has 1 saturated heterocycles. The zero-order valence-corrected chi connectivity index (χ0v) is 14.1. The van der Waals surface area contributed by atoms with Crippen LogP contribution in [-0.2, 0) is 27.4 Å². The fourth-order valence-electron chi connectivity index (χ4n) is 2.98. The van der Waals surface area contributed by atoms with Gasteiger partial charge in [0.05, 0.1) is 22.5 Å². The van der Waals surface area contributed by atoms with Gasteiger partial charge in [0.15, 0.2) is 9.84 Å². The molecule has 1 aromatic heterocycles. The fraction of sp³-hybridized carbons (Fsp3) is 0.467. The zero-order valence-electron chi connectivity index (χ0n) is 13.3. The number of carbonyl (C=O) groups excluding carboxylic acids is 1. The molecule has 0 saturated carbocycles. The van der Waals surface area contributed by atoms with Gasteiger partial charge in [0.2, 0.25) is 11.7 Å². The number of para-hydroxylation sites is 2. The van der Waals surface area contributed by atoms with Gasteiger partial charge in [-0.1, -0.05) is 12.1 Å². The van der Waals surface area contributed by atoms with E-state index >= 15 is 0 Å². The first-order valence-corrected chi connectivity index (χ1v) is 9.39. The molecule has 0 N–H and O–H groups in total. The van der Waals surface area contributed by atoms with E-state index in [1.165, 1.54) is 24.1 Å². The van der Waals surface area contributed by atoms with E-state index in [2.05, 4.69) is 4.98 Å². The lowest BCUT2D eigenvalue weighted by molar-refractivity contribution is -0.148. The van der Waals surface area contributed by atoms with Crippen molar-refractivity contribution in [2.75, 3.05) is 18.6 Å². The Morgan fingerprint density at radius 3 is 2.64 bits per heavy atom. The summed E-state index contributed by atoms with van der Waals surface area (Å²) in [6, 6.07) is 5.53. The summed E-state index contributed by atoms with van der Waals surface area (Å²) in [5.41, 5.74) is 0.351. The largest absolute Gasteiger partial charge is 0.449 e. The molecule has 1 aliphatic rings. The van der Waals surface area contributed by atoms with Crippen LogP contribution in [0, 0.1) is 0 Å². The number of aromatic nitrogens is 2. The highest BCUT2D eigenvalue weighted by molar-refractivity contribution is 7.91. The van der Waals surface area contributed by atoms with Gasteiger partial charge in [0, 0.05) is 13.1 Å². The minimum absolute atomic E-state index is 0.0168. The number of nitrogens with zero attached hydrogens (tertiary/aromatic N) is 3. The van der Waals surface area contributed by atoms with Crippen LogP contribution in [-0.4, -0.2) is 53.4 Å². The van der Waals surface area contributed by atoms with E-state index in [1.54, 1.807) is 12.1 Å². The molecule has 0 unspecified atom stereocenters. The van der Waals surface area contributed by atoms with Gasteiger partial charge in [-0.2, -0.15) is 13.2 Å². The highest BCUT2D eigenvalue weighted by Crippen LogP contribution is 2.31. The first-order chi connectivity index (χ1) is 11.6. The Morgan fingerprint density at radius 2 is 2.04 bits per heavy atom. The summed E-state index contributed by atoms with van der Waals surface area (Å²) in [5, 5.41) is 0. The lowest BCUT2D eigenvalue weighted by Crippen LogP contribution is -2.40. The van der Waals surface area contributed by atoms with Gasteiger partial charge in [-0.3, -0.25) is 4.79 Å². The van der Waals surface area contributed by atoms with Crippen molar-refractivity contribution in [3.8, 4) is 0 Å². The van der Waals surface area contributed by atoms with Gasteiger partial charge in [-0.25, -0.2) is 13.4 Å². The van der Waals surface area contributed by atoms with Crippen LogP contribution in [0.3, 0.4) is 0 Å². The second kappa shape index (κ2) is 6.01. The maximum Gasteiger partial charge on any atom is 0.449 e. The third-order valence-electron chi connectivity index (χ3n) is 4.35. The average Bonchev–Trinajstić information content (AvgIpc) is 3.07. The Labute approximate surface area is 142 Å². The van der Waals surface area contributed by atoms with Crippen LogP contribution in [0.1, 0.15) is 12.2 Å². The van der Waals surface area contributed by atoms with Crippen LogP contribution >= 0.6 is 0 Å². The first-order valence-electron chi connectivity index (χ1n) is 7.57. The molecule has 136 valence electrons. The molecule has 0 bridgehead atoms. The molecule has 2 heterocycles. The predicted octanol–water partition coefficient (Wildman–Crippen LogP) is 1.70. The number of imidazole rings is 1. The molecule has 0 radical (unpaired) electrons. The summed E-state index contributed by atoms with van der Waals surface area (Å²) >= 11 is 0. The van der Waals surface area contributed by atoms with Gasteiger partial charge in [-0.15, -0.1) is 0 Å². The fourth-order valence-corrected chi connectivity index (χ4v) is 4.76. The number of rotatable bonds is 3. The molecule has 0 spiro atoms. The molecule has 25 heavy (non-hydrogen) atoms. The van der Waals surface area contributed by atoms with E-state index in [0.29, 0.717) is 6.42 Å². The van der Waals surface area contributed by atoms with Crippen molar-refractivity contribution in [1.29, 1.82) is 0 Å². The molecule has 1 amide bonds. The van der Waals surface area contributed by atoms with E-state index < -0.39 is 40.3 Å². The molecule has 1 fully saturated rings. The number of amides is 1. The SMILES string of the molecule is CN(C(=O)Cn1c(C(F)(F)F)nc2ccccc21)[C@H]1CCS(=O)(=O)C1. The van der Waals surface area contributed by atoms with E-state index in [4.69, 9.17) is 0 Å². The average molecular weight is 375 g/mol. The monoisotopic (exact) mass is 375 g/mol. The zero-order chi connectivity index (χ0) is 18.4. The van der Waals surface area contributed by atoms with E-state index in [9.17, 15) is 26.4 Å². The van der Waals surface area contributed by atoms with E-state index in [-0.39, 0.29) is 22.5 Å². The Morgan fingerprint density at radius 1 is 1.36 bits per heavy atom. The van der Waals surface area contributed by atoms with E-state index in [0.717, 1.165) is 4.57 Å². The minimum atomic E-state index is -4.70. The second-order valence-electron chi connectivity index (χ2n) is 6.07. The van der Waals surface area contributed by atoms with Crippen LogP contribution in [0.25, 0.3) is 11.0 Å². The summed E-state index contributed by atoms with van der Waals surface area (Å²) in [7, 11) is -1.78. The van der Waals surface area contributed by atoms with Gasteiger partial charge in [0.1, 0.15) is 6.54 Å². The molecule has 1 aromatic carbocycles. The number of fused-ring (bicyclic) bond motifs is 1. The van der Waals surface area contributed by atoms with Gasteiger partial charge in [0.25, 0.3) is 0 Å². The molecule has 2 aromatic rings. The van der Waals surface area contributed by atoms with Gasteiger partial charge >= 0.3 is 6.18 Å². The number of likely N-dealkylation sites (N-methyl/N-ethyl adjacent to an activating group) is 1. The summed E-state index contributed by atoms with van der Waals surface area (Å²) in [4.78, 5) is 17.3.